The summed E-state index contributed by atoms with van der Waals surface area (Å²) in [4.78, 5) is 11.3. The van der Waals surface area contributed by atoms with Crippen molar-refractivity contribution in [3.63, 3.8) is 0 Å². The first-order valence-electron chi connectivity index (χ1n) is 5.77. The van der Waals surface area contributed by atoms with E-state index >= 15 is 0 Å². The molecule has 0 aromatic heterocycles. The van der Waals surface area contributed by atoms with Crippen LogP contribution in [0.3, 0.4) is 0 Å². The monoisotopic (exact) mass is 231 g/mol. The topological polar surface area (TPSA) is 81.1 Å². The summed E-state index contributed by atoms with van der Waals surface area (Å²) >= 11 is 0. The number of hydrogen-bond acceptors (Lipinski definition) is 3. The summed E-state index contributed by atoms with van der Waals surface area (Å²) in [6.07, 6.45) is 7.41. The van der Waals surface area contributed by atoms with Gasteiger partial charge in [-0.1, -0.05) is 12.2 Å². The third-order valence-electron chi connectivity index (χ3n) is 2.94. The van der Waals surface area contributed by atoms with E-state index in [1.165, 1.54) is 0 Å². The van der Waals surface area contributed by atoms with Crippen LogP contribution in [-0.4, -0.2) is 11.9 Å². The molecule has 0 fully saturated rings. The number of allylic oxidation sites excluding steroid dienone is 1. The van der Waals surface area contributed by atoms with Gasteiger partial charge < -0.3 is 16.8 Å². The number of rotatable bonds is 3. The Balaban J connectivity index is 2.21. The van der Waals surface area contributed by atoms with Crippen molar-refractivity contribution in [2.24, 2.45) is 5.73 Å². The van der Waals surface area contributed by atoms with Crippen LogP contribution in [0.1, 0.15) is 29.6 Å². The highest BCUT2D eigenvalue weighted by molar-refractivity contribution is 5.99. The predicted molar refractivity (Wildman–Crippen MR) is 69.8 cm³/mol. The van der Waals surface area contributed by atoms with E-state index in [4.69, 9.17) is 11.5 Å². The maximum Gasteiger partial charge on any atom is 0.250 e. The maximum absolute atomic E-state index is 11.3. The molecule has 1 aromatic rings. The minimum atomic E-state index is -0.432. The first-order valence-corrected chi connectivity index (χ1v) is 5.77. The SMILES string of the molecule is NC(=O)c1ccc(N)cc1NC1CC=CCC1. The van der Waals surface area contributed by atoms with Gasteiger partial charge in [0.15, 0.2) is 0 Å². The third-order valence-corrected chi connectivity index (χ3v) is 2.94. The lowest BCUT2D eigenvalue weighted by Gasteiger charge is -2.22. The van der Waals surface area contributed by atoms with E-state index in [-0.39, 0.29) is 0 Å². The smallest absolute Gasteiger partial charge is 0.250 e. The van der Waals surface area contributed by atoms with E-state index in [1.54, 1.807) is 18.2 Å². The molecule has 1 aliphatic rings. The fraction of sp³-hybridized carbons (Fsp3) is 0.308. The molecule has 0 aliphatic heterocycles. The molecule has 90 valence electrons. The number of primary amides is 1. The van der Waals surface area contributed by atoms with Gasteiger partial charge in [0.05, 0.1) is 5.56 Å². The summed E-state index contributed by atoms with van der Waals surface area (Å²) in [7, 11) is 0. The molecule has 4 heteroatoms. The summed E-state index contributed by atoms with van der Waals surface area (Å²) in [5.41, 5.74) is 12.9. The Morgan fingerprint density at radius 3 is 2.82 bits per heavy atom. The minimum Gasteiger partial charge on any atom is -0.399 e. The molecule has 1 unspecified atom stereocenters. The van der Waals surface area contributed by atoms with E-state index in [0.29, 0.717) is 17.3 Å². The number of hydrogen-bond donors (Lipinski definition) is 3. The Hall–Kier alpha value is -1.97. The number of nitrogens with one attached hydrogen (secondary N) is 1. The molecule has 4 nitrogen and oxygen atoms in total. The zero-order chi connectivity index (χ0) is 12.3. The number of carbonyl (C=O) groups excluding carboxylic acids is 1. The summed E-state index contributed by atoms with van der Waals surface area (Å²) in [6.45, 7) is 0. The molecule has 2 rings (SSSR count). The number of benzene rings is 1. The fourth-order valence-corrected chi connectivity index (χ4v) is 2.04. The van der Waals surface area contributed by atoms with Crippen molar-refractivity contribution in [1.82, 2.24) is 0 Å². The molecule has 1 atom stereocenters. The second-order valence-electron chi connectivity index (χ2n) is 4.29. The Kier molecular flexibility index (Phi) is 3.32. The van der Waals surface area contributed by atoms with Gasteiger partial charge in [-0.2, -0.15) is 0 Å². The van der Waals surface area contributed by atoms with Gasteiger partial charge in [-0.15, -0.1) is 0 Å². The molecule has 0 bridgehead atoms. The van der Waals surface area contributed by atoms with E-state index in [2.05, 4.69) is 17.5 Å². The van der Waals surface area contributed by atoms with Gasteiger partial charge in [0.1, 0.15) is 0 Å². The molecule has 0 radical (unpaired) electrons. The van der Waals surface area contributed by atoms with E-state index in [9.17, 15) is 4.79 Å². The van der Waals surface area contributed by atoms with Gasteiger partial charge in [0, 0.05) is 17.4 Å². The molecule has 0 saturated carbocycles. The third kappa shape index (κ3) is 2.78. The standard InChI is InChI=1S/C13H17N3O/c14-9-6-7-11(13(15)17)12(8-9)16-10-4-2-1-3-5-10/h1-2,6-8,10,16H,3-5,14H2,(H2,15,17). The fourth-order valence-electron chi connectivity index (χ4n) is 2.04. The first kappa shape index (κ1) is 11.5. The molecule has 0 heterocycles. The number of amides is 1. The zero-order valence-corrected chi connectivity index (χ0v) is 9.65. The van der Waals surface area contributed by atoms with Crippen LogP contribution in [0.15, 0.2) is 30.4 Å². The van der Waals surface area contributed by atoms with Gasteiger partial charge in [-0.25, -0.2) is 0 Å². The second kappa shape index (κ2) is 4.91. The summed E-state index contributed by atoms with van der Waals surface area (Å²) in [6, 6.07) is 5.46. The van der Waals surface area contributed by atoms with Crippen molar-refractivity contribution in [3.8, 4) is 0 Å². The van der Waals surface area contributed by atoms with Gasteiger partial charge in [-0.3, -0.25) is 4.79 Å². The van der Waals surface area contributed by atoms with Crippen LogP contribution < -0.4 is 16.8 Å². The van der Waals surface area contributed by atoms with Crippen LogP contribution >= 0.6 is 0 Å². The molecule has 1 aromatic carbocycles. The van der Waals surface area contributed by atoms with Crippen molar-refractivity contribution in [3.05, 3.63) is 35.9 Å². The predicted octanol–water partition coefficient (Wildman–Crippen LogP) is 1.89. The summed E-state index contributed by atoms with van der Waals surface area (Å²) < 4.78 is 0. The Labute approximate surface area is 101 Å². The minimum absolute atomic E-state index is 0.347. The second-order valence-corrected chi connectivity index (χ2v) is 4.29. The largest absolute Gasteiger partial charge is 0.399 e. The lowest BCUT2D eigenvalue weighted by Crippen LogP contribution is -2.23. The lowest BCUT2D eigenvalue weighted by molar-refractivity contribution is 0.100. The van der Waals surface area contributed by atoms with Gasteiger partial charge in [0.2, 0.25) is 0 Å². The molecule has 17 heavy (non-hydrogen) atoms. The van der Waals surface area contributed by atoms with Gasteiger partial charge >= 0.3 is 0 Å². The quantitative estimate of drug-likeness (QED) is 0.549. The summed E-state index contributed by atoms with van der Waals surface area (Å²) in [5.74, 6) is -0.432. The first-order chi connectivity index (χ1) is 8.16. The van der Waals surface area contributed by atoms with E-state index < -0.39 is 5.91 Å². The van der Waals surface area contributed by atoms with Crippen LogP contribution in [0.4, 0.5) is 11.4 Å². The Morgan fingerprint density at radius 1 is 1.35 bits per heavy atom. The number of nitrogen functional groups attached to an aromatic ring is 1. The Bertz CT molecular complexity index is 454. The summed E-state index contributed by atoms with van der Waals surface area (Å²) in [5, 5.41) is 3.34. The Morgan fingerprint density at radius 2 is 2.18 bits per heavy atom. The molecular weight excluding hydrogens is 214 g/mol. The van der Waals surface area contributed by atoms with Crippen LogP contribution in [0.2, 0.25) is 0 Å². The van der Waals surface area contributed by atoms with Crippen molar-refractivity contribution < 1.29 is 4.79 Å². The molecule has 0 saturated heterocycles. The van der Waals surface area contributed by atoms with Crippen LogP contribution in [0.5, 0.6) is 0 Å². The van der Waals surface area contributed by atoms with Crippen molar-refractivity contribution in [2.45, 2.75) is 25.3 Å². The average molecular weight is 231 g/mol. The zero-order valence-electron chi connectivity index (χ0n) is 9.65. The van der Waals surface area contributed by atoms with Crippen molar-refractivity contribution >= 4 is 17.3 Å². The van der Waals surface area contributed by atoms with Gasteiger partial charge in [-0.05, 0) is 37.5 Å². The molecule has 1 aliphatic carbocycles. The average Bonchev–Trinajstić information content (AvgIpc) is 2.30. The van der Waals surface area contributed by atoms with Crippen LogP contribution in [0.25, 0.3) is 0 Å². The van der Waals surface area contributed by atoms with Crippen molar-refractivity contribution in [1.29, 1.82) is 0 Å². The van der Waals surface area contributed by atoms with Gasteiger partial charge in [0.25, 0.3) is 5.91 Å². The highest BCUT2D eigenvalue weighted by Crippen LogP contribution is 2.23. The normalized spacial score (nSPS) is 18.9. The van der Waals surface area contributed by atoms with Crippen LogP contribution in [-0.2, 0) is 0 Å². The van der Waals surface area contributed by atoms with E-state index in [0.717, 1.165) is 24.9 Å². The van der Waals surface area contributed by atoms with Crippen molar-refractivity contribution in [2.75, 3.05) is 11.1 Å². The van der Waals surface area contributed by atoms with Crippen LogP contribution in [0, 0.1) is 0 Å². The lowest BCUT2D eigenvalue weighted by atomic mass is 10.0. The highest BCUT2D eigenvalue weighted by Gasteiger charge is 2.14. The molecule has 5 N–H and O–H groups in total. The molecule has 0 spiro atoms. The highest BCUT2D eigenvalue weighted by atomic mass is 16.1. The number of carbonyl (C=O) groups is 1. The molecule has 1 amide bonds. The maximum atomic E-state index is 11.3. The number of anilines is 2. The number of nitrogens with two attached hydrogens (primary N) is 2. The van der Waals surface area contributed by atoms with E-state index in [1.807, 2.05) is 0 Å². The molecular formula is C13H17N3O.